The third-order valence-corrected chi connectivity index (χ3v) is 3.40. The summed E-state index contributed by atoms with van der Waals surface area (Å²) in [5.41, 5.74) is 7.15. The average molecular weight is 351 g/mol. The van der Waals surface area contributed by atoms with Crippen LogP contribution in [0.4, 0.5) is 0 Å². The topological polar surface area (TPSA) is 77.1 Å². The second kappa shape index (κ2) is 6.99. The highest BCUT2D eigenvalue weighted by molar-refractivity contribution is 9.10. The summed E-state index contributed by atoms with van der Waals surface area (Å²) in [7, 11) is 1.54. The van der Waals surface area contributed by atoms with Crippen molar-refractivity contribution in [1.82, 2.24) is 0 Å². The average Bonchev–Trinajstić information content (AvgIpc) is 2.53. The van der Waals surface area contributed by atoms with E-state index in [9.17, 15) is 0 Å². The van der Waals surface area contributed by atoms with E-state index in [0.29, 0.717) is 23.7 Å². The van der Waals surface area contributed by atoms with Crippen LogP contribution in [0.15, 0.2) is 52.1 Å². The van der Waals surface area contributed by atoms with Crippen molar-refractivity contribution in [1.29, 1.82) is 0 Å². The van der Waals surface area contributed by atoms with Gasteiger partial charge in [0.1, 0.15) is 6.61 Å². The monoisotopic (exact) mass is 350 g/mol. The molecule has 0 unspecified atom stereocenters. The molecule has 0 aliphatic heterocycles. The molecule has 110 valence electrons. The summed E-state index contributed by atoms with van der Waals surface area (Å²) in [6, 6.07) is 12.9. The minimum Gasteiger partial charge on any atom is -0.493 e. The van der Waals surface area contributed by atoms with Crippen LogP contribution in [0, 0.1) is 0 Å². The molecule has 0 fully saturated rings. The summed E-state index contributed by atoms with van der Waals surface area (Å²) >= 11 is 3.39. The molecule has 0 heterocycles. The molecule has 0 amide bonds. The van der Waals surface area contributed by atoms with Gasteiger partial charge < -0.3 is 20.4 Å². The maximum absolute atomic E-state index is 8.68. The first-order valence-electron chi connectivity index (χ1n) is 6.17. The van der Waals surface area contributed by atoms with Gasteiger partial charge in [-0.15, -0.1) is 0 Å². The lowest BCUT2D eigenvalue weighted by molar-refractivity contribution is 0.284. The number of oxime groups is 1. The van der Waals surface area contributed by atoms with E-state index in [1.807, 2.05) is 24.3 Å². The van der Waals surface area contributed by atoms with Crippen molar-refractivity contribution in [2.75, 3.05) is 7.11 Å². The fraction of sp³-hybridized carbons (Fsp3) is 0.133. The van der Waals surface area contributed by atoms with Gasteiger partial charge in [-0.05, 0) is 35.9 Å². The van der Waals surface area contributed by atoms with Crippen LogP contribution in [0.3, 0.4) is 0 Å². The zero-order valence-electron chi connectivity index (χ0n) is 11.4. The zero-order chi connectivity index (χ0) is 15.2. The number of hydrogen-bond acceptors (Lipinski definition) is 4. The highest BCUT2D eigenvalue weighted by Crippen LogP contribution is 2.28. The fourth-order valence-electron chi connectivity index (χ4n) is 1.75. The SMILES string of the molecule is COc1cc(/C(N)=N/O)ccc1OCc1ccc(Br)cc1. The van der Waals surface area contributed by atoms with Crippen LogP contribution in [0.1, 0.15) is 11.1 Å². The van der Waals surface area contributed by atoms with E-state index in [2.05, 4.69) is 21.1 Å². The molecule has 0 saturated carbocycles. The minimum absolute atomic E-state index is 0.0211. The lowest BCUT2D eigenvalue weighted by Crippen LogP contribution is -2.13. The van der Waals surface area contributed by atoms with Gasteiger partial charge in [0.15, 0.2) is 17.3 Å². The molecule has 0 spiro atoms. The molecule has 5 nitrogen and oxygen atoms in total. The smallest absolute Gasteiger partial charge is 0.170 e. The van der Waals surface area contributed by atoms with Gasteiger partial charge in [0, 0.05) is 10.0 Å². The van der Waals surface area contributed by atoms with Crippen LogP contribution in [0.2, 0.25) is 0 Å². The van der Waals surface area contributed by atoms with Crippen molar-refractivity contribution < 1.29 is 14.7 Å². The second-order valence-electron chi connectivity index (χ2n) is 4.27. The van der Waals surface area contributed by atoms with E-state index in [1.54, 1.807) is 18.2 Å². The van der Waals surface area contributed by atoms with Gasteiger partial charge in [-0.25, -0.2) is 0 Å². The molecule has 0 bridgehead atoms. The summed E-state index contributed by atoms with van der Waals surface area (Å²) in [4.78, 5) is 0. The van der Waals surface area contributed by atoms with Gasteiger partial charge in [-0.3, -0.25) is 0 Å². The summed E-state index contributed by atoms with van der Waals surface area (Å²) in [6.07, 6.45) is 0. The highest BCUT2D eigenvalue weighted by Gasteiger charge is 2.08. The zero-order valence-corrected chi connectivity index (χ0v) is 13.0. The summed E-state index contributed by atoms with van der Waals surface area (Å²) in [5.74, 6) is 1.14. The number of benzene rings is 2. The Balaban J connectivity index is 2.14. The van der Waals surface area contributed by atoms with Crippen molar-refractivity contribution in [3.63, 3.8) is 0 Å². The molecule has 2 aromatic carbocycles. The van der Waals surface area contributed by atoms with Gasteiger partial charge in [0.2, 0.25) is 0 Å². The number of nitrogens with zero attached hydrogens (tertiary/aromatic N) is 1. The van der Waals surface area contributed by atoms with Gasteiger partial charge in [0.05, 0.1) is 7.11 Å². The molecular formula is C15H15BrN2O3. The second-order valence-corrected chi connectivity index (χ2v) is 5.18. The molecule has 0 saturated heterocycles. The first-order chi connectivity index (χ1) is 10.1. The predicted molar refractivity (Wildman–Crippen MR) is 84.0 cm³/mol. The lowest BCUT2D eigenvalue weighted by Gasteiger charge is -2.12. The van der Waals surface area contributed by atoms with Crippen LogP contribution < -0.4 is 15.2 Å². The molecule has 0 radical (unpaired) electrons. The molecule has 0 aliphatic carbocycles. The Morgan fingerprint density at radius 3 is 2.52 bits per heavy atom. The Hall–Kier alpha value is -2.21. The molecule has 21 heavy (non-hydrogen) atoms. The van der Waals surface area contributed by atoms with Crippen molar-refractivity contribution in [3.8, 4) is 11.5 Å². The number of hydrogen-bond donors (Lipinski definition) is 2. The van der Waals surface area contributed by atoms with Crippen molar-refractivity contribution >= 4 is 21.8 Å². The predicted octanol–water partition coefficient (Wildman–Crippen LogP) is 3.13. The maximum atomic E-state index is 8.68. The Kier molecular flexibility index (Phi) is 5.05. The summed E-state index contributed by atoms with van der Waals surface area (Å²) in [6.45, 7) is 0.423. The van der Waals surface area contributed by atoms with Gasteiger partial charge in [-0.1, -0.05) is 33.2 Å². The number of rotatable bonds is 5. The normalized spacial score (nSPS) is 11.2. The van der Waals surface area contributed by atoms with Gasteiger partial charge >= 0.3 is 0 Å². The van der Waals surface area contributed by atoms with Crippen molar-refractivity contribution in [3.05, 3.63) is 58.1 Å². The summed E-state index contributed by atoms with van der Waals surface area (Å²) < 4.78 is 12.0. The number of nitrogens with two attached hydrogens (primary N) is 1. The Bertz CT molecular complexity index is 642. The Labute approximate surface area is 131 Å². The molecule has 0 aliphatic rings. The first-order valence-corrected chi connectivity index (χ1v) is 6.96. The molecule has 2 aromatic rings. The maximum Gasteiger partial charge on any atom is 0.170 e. The molecular weight excluding hydrogens is 336 g/mol. The number of amidine groups is 1. The number of ether oxygens (including phenoxy) is 2. The Morgan fingerprint density at radius 1 is 1.19 bits per heavy atom. The molecule has 0 aromatic heterocycles. The molecule has 3 N–H and O–H groups in total. The number of methoxy groups -OCH3 is 1. The molecule has 2 rings (SSSR count). The van der Waals surface area contributed by atoms with E-state index < -0.39 is 0 Å². The fourth-order valence-corrected chi connectivity index (χ4v) is 2.01. The summed E-state index contributed by atoms with van der Waals surface area (Å²) in [5, 5.41) is 11.6. The van der Waals surface area contributed by atoms with Crippen LogP contribution >= 0.6 is 15.9 Å². The van der Waals surface area contributed by atoms with Gasteiger partial charge in [0.25, 0.3) is 0 Å². The van der Waals surface area contributed by atoms with Crippen LogP contribution in [0.5, 0.6) is 11.5 Å². The van der Waals surface area contributed by atoms with Crippen LogP contribution in [-0.4, -0.2) is 18.2 Å². The van der Waals surface area contributed by atoms with Crippen LogP contribution in [-0.2, 0) is 6.61 Å². The largest absolute Gasteiger partial charge is 0.493 e. The standard InChI is InChI=1S/C15H15BrN2O3/c1-20-14-8-11(15(17)18-19)4-7-13(14)21-9-10-2-5-12(16)6-3-10/h2-8,19H,9H2,1H3,(H2,17,18). The molecule has 0 atom stereocenters. The van der Waals surface area contributed by atoms with E-state index in [4.69, 9.17) is 20.4 Å². The number of halogens is 1. The molecule has 6 heteroatoms. The Morgan fingerprint density at radius 2 is 1.90 bits per heavy atom. The third kappa shape index (κ3) is 3.88. The van der Waals surface area contributed by atoms with E-state index >= 15 is 0 Å². The van der Waals surface area contributed by atoms with Crippen LogP contribution in [0.25, 0.3) is 0 Å². The van der Waals surface area contributed by atoms with Gasteiger partial charge in [-0.2, -0.15) is 0 Å². The van der Waals surface area contributed by atoms with E-state index in [0.717, 1.165) is 10.0 Å². The lowest BCUT2D eigenvalue weighted by atomic mass is 10.2. The van der Waals surface area contributed by atoms with E-state index in [1.165, 1.54) is 7.11 Å². The van der Waals surface area contributed by atoms with E-state index in [-0.39, 0.29) is 5.84 Å². The quantitative estimate of drug-likeness (QED) is 0.376. The van der Waals surface area contributed by atoms with Crippen molar-refractivity contribution in [2.45, 2.75) is 6.61 Å². The first kappa shape index (κ1) is 15.2. The third-order valence-electron chi connectivity index (χ3n) is 2.87. The minimum atomic E-state index is 0.0211. The highest BCUT2D eigenvalue weighted by atomic mass is 79.9. The van der Waals surface area contributed by atoms with Crippen molar-refractivity contribution in [2.24, 2.45) is 10.9 Å².